The Kier molecular flexibility index (Phi) is 5.01. The fraction of sp³-hybridized carbons (Fsp3) is 0.176. The van der Waals surface area contributed by atoms with Crippen LogP contribution in [-0.4, -0.2) is 19.7 Å². The molecule has 0 N–H and O–H groups in total. The van der Waals surface area contributed by atoms with Crippen LogP contribution in [0.4, 0.5) is 13.2 Å². The van der Waals surface area contributed by atoms with E-state index in [0.717, 1.165) is 6.07 Å². The van der Waals surface area contributed by atoms with E-state index in [9.17, 15) is 13.2 Å². The van der Waals surface area contributed by atoms with Gasteiger partial charge < -0.3 is 9.30 Å². The SMILES string of the molecule is Cn1c(COc2ncc(C#N)cc2Cl)nnc1-c1ccccc1C(F)(F)F. The Labute approximate surface area is 156 Å². The normalized spacial score (nSPS) is 11.3. The summed E-state index contributed by atoms with van der Waals surface area (Å²) in [7, 11) is 1.54. The van der Waals surface area contributed by atoms with Gasteiger partial charge in [-0.25, -0.2) is 4.98 Å². The molecule has 10 heteroatoms. The summed E-state index contributed by atoms with van der Waals surface area (Å²) >= 11 is 5.98. The summed E-state index contributed by atoms with van der Waals surface area (Å²) in [6, 6.07) is 8.41. The van der Waals surface area contributed by atoms with Crippen molar-refractivity contribution < 1.29 is 17.9 Å². The molecule has 0 saturated heterocycles. The third-order valence-electron chi connectivity index (χ3n) is 3.71. The minimum atomic E-state index is -4.51. The molecule has 0 saturated carbocycles. The zero-order valence-electron chi connectivity index (χ0n) is 13.8. The number of nitrogens with zero attached hydrogens (tertiary/aromatic N) is 5. The Morgan fingerprint density at radius 2 is 2.00 bits per heavy atom. The topological polar surface area (TPSA) is 76.6 Å². The molecule has 0 spiro atoms. The predicted molar refractivity (Wildman–Crippen MR) is 89.7 cm³/mol. The molecule has 2 aromatic heterocycles. The monoisotopic (exact) mass is 393 g/mol. The number of hydrogen-bond acceptors (Lipinski definition) is 5. The molecule has 0 aliphatic rings. The number of nitriles is 1. The molecule has 3 aromatic rings. The molecule has 0 aliphatic carbocycles. The summed E-state index contributed by atoms with van der Waals surface area (Å²) in [4.78, 5) is 3.92. The highest BCUT2D eigenvalue weighted by Gasteiger charge is 2.34. The summed E-state index contributed by atoms with van der Waals surface area (Å²) < 4.78 is 46.5. The van der Waals surface area contributed by atoms with Gasteiger partial charge in [0.25, 0.3) is 0 Å². The second-order valence-electron chi connectivity index (χ2n) is 5.45. The fourth-order valence-corrected chi connectivity index (χ4v) is 2.59. The number of alkyl halides is 3. The number of ether oxygens (including phenoxy) is 1. The van der Waals surface area contributed by atoms with Crippen molar-refractivity contribution in [3.8, 4) is 23.3 Å². The van der Waals surface area contributed by atoms with Crippen LogP contribution in [0.15, 0.2) is 36.5 Å². The van der Waals surface area contributed by atoms with E-state index in [0.29, 0.717) is 0 Å². The van der Waals surface area contributed by atoms with Crippen LogP contribution in [0.5, 0.6) is 5.88 Å². The van der Waals surface area contributed by atoms with E-state index in [2.05, 4.69) is 15.2 Å². The minimum absolute atomic E-state index is 0.0559. The molecular weight excluding hydrogens is 383 g/mol. The maximum Gasteiger partial charge on any atom is 0.417 e. The van der Waals surface area contributed by atoms with Crippen molar-refractivity contribution in [2.75, 3.05) is 0 Å². The highest BCUT2D eigenvalue weighted by Crippen LogP contribution is 2.36. The zero-order chi connectivity index (χ0) is 19.6. The van der Waals surface area contributed by atoms with E-state index < -0.39 is 11.7 Å². The molecule has 0 unspecified atom stereocenters. The third-order valence-corrected chi connectivity index (χ3v) is 3.98. The first-order chi connectivity index (χ1) is 12.8. The van der Waals surface area contributed by atoms with Gasteiger partial charge in [-0.05, 0) is 12.1 Å². The number of rotatable bonds is 4. The zero-order valence-corrected chi connectivity index (χ0v) is 14.6. The molecule has 0 atom stereocenters. The lowest BCUT2D eigenvalue weighted by atomic mass is 10.1. The van der Waals surface area contributed by atoms with Crippen LogP contribution in [0, 0.1) is 11.3 Å². The Bertz CT molecular complexity index is 1030. The Hall–Kier alpha value is -3.12. The van der Waals surface area contributed by atoms with E-state index in [1.54, 1.807) is 0 Å². The van der Waals surface area contributed by atoms with Crippen molar-refractivity contribution in [2.45, 2.75) is 12.8 Å². The second-order valence-corrected chi connectivity index (χ2v) is 5.86. The van der Waals surface area contributed by atoms with Gasteiger partial charge in [0.2, 0.25) is 5.88 Å². The van der Waals surface area contributed by atoms with Crippen molar-refractivity contribution in [3.05, 3.63) is 58.5 Å². The summed E-state index contributed by atoms with van der Waals surface area (Å²) in [6.07, 6.45) is -3.22. The van der Waals surface area contributed by atoms with Gasteiger partial charge in [0.1, 0.15) is 17.7 Å². The van der Waals surface area contributed by atoms with Gasteiger partial charge in [-0.1, -0.05) is 29.8 Å². The van der Waals surface area contributed by atoms with Crippen molar-refractivity contribution >= 4 is 11.6 Å². The van der Waals surface area contributed by atoms with Crippen molar-refractivity contribution in [3.63, 3.8) is 0 Å². The maximum absolute atomic E-state index is 13.2. The third kappa shape index (κ3) is 3.85. The van der Waals surface area contributed by atoms with Crippen LogP contribution in [0.1, 0.15) is 17.0 Å². The first-order valence-electron chi connectivity index (χ1n) is 7.54. The molecule has 1 aromatic carbocycles. The van der Waals surface area contributed by atoms with E-state index in [-0.39, 0.29) is 40.3 Å². The molecule has 0 aliphatic heterocycles. The van der Waals surface area contributed by atoms with Crippen molar-refractivity contribution in [2.24, 2.45) is 7.05 Å². The molecule has 0 bridgehead atoms. The van der Waals surface area contributed by atoms with Gasteiger partial charge in [-0.15, -0.1) is 10.2 Å². The van der Waals surface area contributed by atoms with Crippen LogP contribution in [0.3, 0.4) is 0 Å². The lowest BCUT2D eigenvalue weighted by Crippen LogP contribution is -2.10. The smallest absolute Gasteiger partial charge is 0.417 e. The molecule has 3 rings (SSSR count). The largest absolute Gasteiger partial charge is 0.468 e. The number of benzene rings is 1. The first kappa shape index (κ1) is 18.7. The summed E-state index contributed by atoms with van der Waals surface area (Å²) in [5.41, 5.74) is -0.609. The molecule has 0 amide bonds. The molecule has 138 valence electrons. The number of hydrogen-bond donors (Lipinski definition) is 0. The fourth-order valence-electron chi connectivity index (χ4n) is 2.37. The molecule has 27 heavy (non-hydrogen) atoms. The van der Waals surface area contributed by atoms with Crippen LogP contribution in [-0.2, 0) is 19.8 Å². The van der Waals surface area contributed by atoms with Gasteiger partial charge in [-0.2, -0.15) is 18.4 Å². The van der Waals surface area contributed by atoms with Gasteiger partial charge in [0.05, 0.1) is 11.1 Å². The molecular formula is C17H11ClF3N5O. The summed E-state index contributed by atoms with van der Waals surface area (Å²) in [5, 5.41) is 16.7. The van der Waals surface area contributed by atoms with Crippen LogP contribution in [0.2, 0.25) is 5.02 Å². The Morgan fingerprint density at radius 3 is 2.67 bits per heavy atom. The summed E-state index contributed by atoms with van der Waals surface area (Å²) in [6.45, 7) is -0.115. The maximum atomic E-state index is 13.2. The Balaban J connectivity index is 1.86. The highest BCUT2D eigenvalue weighted by molar-refractivity contribution is 6.31. The van der Waals surface area contributed by atoms with Gasteiger partial charge in [-0.3, -0.25) is 0 Å². The lowest BCUT2D eigenvalue weighted by molar-refractivity contribution is -0.137. The average molecular weight is 394 g/mol. The van der Waals surface area contributed by atoms with Gasteiger partial charge in [0, 0.05) is 18.8 Å². The number of pyridine rings is 1. The molecule has 6 nitrogen and oxygen atoms in total. The van der Waals surface area contributed by atoms with E-state index in [4.69, 9.17) is 21.6 Å². The van der Waals surface area contributed by atoms with Crippen molar-refractivity contribution in [1.82, 2.24) is 19.7 Å². The van der Waals surface area contributed by atoms with E-state index in [1.807, 2.05) is 6.07 Å². The van der Waals surface area contributed by atoms with Gasteiger partial charge >= 0.3 is 6.18 Å². The van der Waals surface area contributed by atoms with Gasteiger partial charge in [0.15, 0.2) is 11.6 Å². The van der Waals surface area contributed by atoms with Crippen molar-refractivity contribution in [1.29, 1.82) is 5.26 Å². The average Bonchev–Trinajstić information content (AvgIpc) is 3.00. The van der Waals surface area contributed by atoms with Crippen LogP contribution in [0.25, 0.3) is 11.4 Å². The molecule has 0 fully saturated rings. The minimum Gasteiger partial charge on any atom is -0.468 e. The highest BCUT2D eigenvalue weighted by atomic mass is 35.5. The Morgan fingerprint density at radius 1 is 1.26 bits per heavy atom. The van der Waals surface area contributed by atoms with E-state index >= 15 is 0 Å². The summed E-state index contributed by atoms with van der Waals surface area (Å²) in [5.74, 6) is 0.417. The number of aromatic nitrogens is 4. The first-order valence-corrected chi connectivity index (χ1v) is 7.92. The standard InChI is InChI=1S/C17H11ClF3N5O/c1-26-14(9-27-16-13(18)6-10(7-22)8-23-16)24-25-15(26)11-4-2-3-5-12(11)17(19,20)21/h2-6,8H,9H2,1H3. The molecule has 2 heterocycles. The number of halogens is 4. The van der Waals surface area contributed by atoms with Crippen LogP contribution >= 0.6 is 11.6 Å². The lowest BCUT2D eigenvalue weighted by Gasteiger charge is -2.12. The molecule has 0 radical (unpaired) electrons. The second kappa shape index (κ2) is 7.25. The van der Waals surface area contributed by atoms with Crippen LogP contribution < -0.4 is 4.74 Å². The van der Waals surface area contributed by atoms with E-state index in [1.165, 1.54) is 42.1 Å². The quantitative estimate of drug-likeness (QED) is 0.669. The predicted octanol–water partition coefficient (Wildman–Crippen LogP) is 4.00.